The lowest BCUT2D eigenvalue weighted by molar-refractivity contribution is -0.136. The number of rotatable bonds is 12. The molecular formula is C31H44N2O3. The van der Waals surface area contributed by atoms with E-state index in [1.807, 2.05) is 36.2 Å². The number of hydrogen-bond acceptors (Lipinski definition) is 3. The Hall–Kier alpha value is -2.66. The fourth-order valence-corrected chi connectivity index (χ4v) is 5.85. The Balaban J connectivity index is 2.01. The predicted octanol–water partition coefficient (Wildman–Crippen LogP) is 6.01. The molecule has 0 aliphatic carbocycles. The molecular weight excluding hydrogens is 448 g/mol. The number of carbonyl (C=O) groups excluding carboxylic acids is 1. The van der Waals surface area contributed by atoms with Crippen LogP contribution >= 0.6 is 0 Å². The van der Waals surface area contributed by atoms with Gasteiger partial charge in [-0.3, -0.25) is 9.59 Å². The van der Waals surface area contributed by atoms with Crippen LogP contribution in [-0.2, 0) is 22.4 Å². The molecule has 5 heteroatoms. The van der Waals surface area contributed by atoms with Crippen molar-refractivity contribution in [3.05, 3.63) is 59.2 Å². The molecule has 0 bridgehead atoms. The molecule has 1 aliphatic heterocycles. The molecule has 2 aromatic rings. The van der Waals surface area contributed by atoms with Gasteiger partial charge in [0, 0.05) is 20.1 Å². The molecule has 3 rings (SSSR count). The van der Waals surface area contributed by atoms with Crippen molar-refractivity contribution in [1.82, 2.24) is 9.80 Å². The average molecular weight is 493 g/mol. The van der Waals surface area contributed by atoms with Gasteiger partial charge >= 0.3 is 5.97 Å². The lowest BCUT2D eigenvalue weighted by atomic mass is 9.81. The van der Waals surface area contributed by atoms with Gasteiger partial charge in [-0.05, 0) is 78.9 Å². The molecule has 0 radical (unpaired) electrons. The summed E-state index contributed by atoms with van der Waals surface area (Å²) in [5, 5.41) is 9.58. The zero-order valence-corrected chi connectivity index (χ0v) is 22.6. The van der Waals surface area contributed by atoms with Crippen LogP contribution in [0.25, 0.3) is 11.1 Å². The molecule has 1 aliphatic rings. The number of aliphatic carboxylic acids is 1. The van der Waals surface area contributed by atoms with Crippen molar-refractivity contribution in [1.29, 1.82) is 0 Å². The molecule has 0 aromatic heterocycles. The Morgan fingerprint density at radius 2 is 1.78 bits per heavy atom. The summed E-state index contributed by atoms with van der Waals surface area (Å²) in [7, 11) is 4.07. The molecule has 1 unspecified atom stereocenters. The molecule has 1 atom stereocenters. The van der Waals surface area contributed by atoms with Crippen LogP contribution in [0, 0.1) is 5.92 Å². The highest BCUT2D eigenvalue weighted by molar-refractivity contribution is 5.84. The third kappa shape index (κ3) is 7.67. The minimum Gasteiger partial charge on any atom is -0.481 e. The summed E-state index contributed by atoms with van der Waals surface area (Å²) in [6.45, 7) is 7.33. The number of carboxylic acids is 1. The van der Waals surface area contributed by atoms with Gasteiger partial charge in [0.15, 0.2) is 0 Å². The standard InChI is InChI=1S/C31H44N2O3/c1-5-11-25(12-6-2)28-18-24(19-30(35)36)17-27(31(28)26-14-8-7-9-15-26)20-29(34)33(4)22-23-13-10-16-32(3)21-23/h7-9,14-15,17-18,23,25H,5-6,10-13,16,19-22H2,1-4H3,(H,35,36). The van der Waals surface area contributed by atoms with Gasteiger partial charge in [-0.2, -0.15) is 0 Å². The zero-order chi connectivity index (χ0) is 26.1. The largest absolute Gasteiger partial charge is 0.481 e. The van der Waals surface area contributed by atoms with Crippen LogP contribution in [0.1, 0.15) is 75.0 Å². The van der Waals surface area contributed by atoms with E-state index >= 15 is 0 Å². The first-order chi connectivity index (χ1) is 17.3. The van der Waals surface area contributed by atoms with Gasteiger partial charge in [-0.25, -0.2) is 0 Å². The molecule has 1 heterocycles. The molecule has 5 nitrogen and oxygen atoms in total. The van der Waals surface area contributed by atoms with E-state index in [0.29, 0.717) is 11.8 Å². The Morgan fingerprint density at radius 1 is 1.08 bits per heavy atom. The number of amides is 1. The minimum absolute atomic E-state index is 0.0293. The number of carbonyl (C=O) groups is 2. The minimum atomic E-state index is -0.841. The second-order valence-electron chi connectivity index (χ2n) is 10.7. The van der Waals surface area contributed by atoms with E-state index in [0.717, 1.165) is 74.0 Å². The van der Waals surface area contributed by atoms with E-state index < -0.39 is 5.97 Å². The number of piperidine rings is 1. The predicted molar refractivity (Wildman–Crippen MR) is 147 cm³/mol. The highest BCUT2D eigenvalue weighted by Crippen LogP contribution is 2.38. The second kappa shape index (κ2) is 13.6. The fourth-order valence-electron chi connectivity index (χ4n) is 5.85. The molecule has 0 spiro atoms. The van der Waals surface area contributed by atoms with Crippen molar-refractivity contribution in [2.45, 2.75) is 71.1 Å². The summed E-state index contributed by atoms with van der Waals surface area (Å²) in [4.78, 5) is 29.4. The lowest BCUT2D eigenvalue weighted by Crippen LogP contribution is -2.40. The van der Waals surface area contributed by atoms with Crippen LogP contribution < -0.4 is 0 Å². The van der Waals surface area contributed by atoms with Crippen molar-refractivity contribution < 1.29 is 14.7 Å². The summed E-state index contributed by atoms with van der Waals surface area (Å²) >= 11 is 0. The van der Waals surface area contributed by atoms with E-state index in [9.17, 15) is 14.7 Å². The SMILES string of the molecule is CCCC(CCC)c1cc(CC(=O)O)cc(CC(=O)N(C)CC2CCCN(C)C2)c1-c1ccccc1. The molecule has 1 saturated heterocycles. The number of likely N-dealkylation sites (tertiary alicyclic amines) is 1. The van der Waals surface area contributed by atoms with Crippen LogP contribution in [0.2, 0.25) is 0 Å². The van der Waals surface area contributed by atoms with Crippen LogP contribution in [0.5, 0.6) is 0 Å². The maximum Gasteiger partial charge on any atom is 0.307 e. The van der Waals surface area contributed by atoms with E-state index in [1.165, 1.54) is 12.0 Å². The molecule has 0 saturated carbocycles. The van der Waals surface area contributed by atoms with E-state index in [-0.39, 0.29) is 18.7 Å². The fraction of sp³-hybridized carbons (Fsp3) is 0.548. The molecule has 1 amide bonds. The van der Waals surface area contributed by atoms with Crippen LogP contribution in [0.15, 0.2) is 42.5 Å². The number of hydrogen-bond donors (Lipinski definition) is 1. The third-order valence-corrected chi connectivity index (χ3v) is 7.46. The smallest absolute Gasteiger partial charge is 0.307 e. The van der Waals surface area contributed by atoms with Crippen molar-refractivity contribution in [3.63, 3.8) is 0 Å². The van der Waals surface area contributed by atoms with E-state index in [1.54, 1.807) is 0 Å². The number of carboxylic acid groups (broad SMARTS) is 1. The van der Waals surface area contributed by atoms with Gasteiger partial charge in [0.2, 0.25) is 5.91 Å². The van der Waals surface area contributed by atoms with Gasteiger partial charge in [0.25, 0.3) is 0 Å². The highest BCUT2D eigenvalue weighted by atomic mass is 16.4. The third-order valence-electron chi connectivity index (χ3n) is 7.46. The topological polar surface area (TPSA) is 60.9 Å². The molecule has 1 fully saturated rings. The molecule has 2 aromatic carbocycles. The monoisotopic (exact) mass is 492 g/mol. The van der Waals surface area contributed by atoms with Gasteiger partial charge in [-0.15, -0.1) is 0 Å². The van der Waals surface area contributed by atoms with Gasteiger partial charge in [-0.1, -0.05) is 69.2 Å². The van der Waals surface area contributed by atoms with Crippen LogP contribution in [-0.4, -0.2) is 60.5 Å². The van der Waals surface area contributed by atoms with Gasteiger partial charge in [0.1, 0.15) is 0 Å². The van der Waals surface area contributed by atoms with E-state index in [2.05, 4.69) is 44.0 Å². The number of nitrogens with zero attached hydrogens (tertiary/aromatic N) is 2. The maximum absolute atomic E-state index is 13.5. The first kappa shape index (κ1) is 27.9. The van der Waals surface area contributed by atoms with Crippen molar-refractivity contribution in [2.24, 2.45) is 5.92 Å². The van der Waals surface area contributed by atoms with Crippen LogP contribution in [0.4, 0.5) is 0 Å². The summed E-state index contributed by atoms with van der Waals surface area (Å²) < 4.78 is 0. The Bertz CT molecular complexity index is 998. The van der Waals surface area contributed by atoms with Crippen molar-refractivity contribution >= 4 is 11.9 Å². The van der Waals surface area contributed by atoms with Gasteiger partial charge in [0.05, 0.1) is 12.8 Å². The van der Waals surface area contributed by atoms with E-state index in [4.69, 9.17) is 0 Å². The summed E-state index contributed by atoms with van der Waals surface area (Å²) in [6, 6.07) is 14.4. The maximum atomic E-state index is 13.5. The van der Waals surface area contributed by atoms with Crippen LogP contribution in [0.3, 0.4) is 0 Å². The first-order valence-corrected chi connectivity index (χ1v) is 13.7. The Labute approximate surface area is 217 Å². The quantitative estimate of drug-likeness (QED) is 0.394. The zero-order valence-electron chi connectivity index (χ0n) is 22.6. The normalized spacial score (nSPS) is 16.3. The molecule has 1 N–H and O–H groups in total. The Morgan fingerprint density at radius 3 is 2.39 bits per heavy atom. The summed E-state index contributed by atoms with van der Waals surface area (Å²) in [6.07, 6.45) is 6.82. The molecule has 36 heavy (non-hydrogen) atoms. The second-order valence-corrected chi connectivity index (χ2v) is 10.7. The summed E-state index contributed by atoms with van der Waals surface area (Å²) in [5.41, 5.74) is 5.16. The van der Waals surface area contributed by atoms with Gasteiger partial charge < -0.3 is 14.9 Å². The summed E-state index contributed by atoms with van der Waals surface area (Å²) in [5.74, 6) is 0.0973. The molecule has 196 valence electrons. The highest BCUT2D eigenvalue weighted by Gasteiger charge is 2.24. The number of benzene rings is 2. The lowest BCUT2D eigenvalue weighted by Gasteiger charge is -2.32. The number of likely N-dealkylation sites (N-methyl/N-ethyl adjacent to an activating group) is 1. The average Bonchev–Trinajstić information content (AvgIpc) is 2.84. The van der Waals surface area contributed by atoms with Crippen molar-refractivity contribution in [3.8, 4) is 11.1 Å². The van der Waals surface area contributed by atoms with Crippen molar-refractivity contribution in [2.75, 3.05) is 33.7 Å². The Kier molecular flexibility index (Phi) is 10.5. The first-order valence-electron chi connectivity index (χ1n) is 13.7.